The molecule has 1 aliphatic heterocycles. The van der Waals surface area contributed by atoms with Crippen LogP contribution in [0.5, 0.6) is 0 Å². The van der Waals surface area contributed by atoms with E-state index in [1.165, 1.54) is 28.3 Å². The molecule has 5 atom stereocenters. The van der Waals surface area contributed by atoms with Crippen molar-refractivity contribution in [2.45, 2.75) is 37.6 Å². The lowest BCUT2D eigenvalue weighted by atomic mass is 9.96. The van der Waals surface area contributed by atoms with Crippen LogP contribution >= 0.6 is 0 Å². The molecule has 1 saturated heterocycles. The molecule has 0 aromatic carbocycles. The van der Waals surface area contributed by atoms with Crippen LogP contribution in [0, 0.1) is 0 Å². The highest BCUT2D eigenvalue weighted by atomic mass is 16.7. The lowest BCUT2D eigenvalue weighted by Gasteiger charge is -2.45. The molecule has 0 aromatic heterocycles. The van der Waals surface area contributed by atoms with Crippen LogP contribution < -0.4 is 10.6 Å². The van der Waals surface area contributed by atoms with Gasteiger partial charge in [-0.05, 0) is 5.53 Å². The number of methoxy groups -OCH3 is 3. The molecule has 11 heteroatoms. The zero-order valence-electron chi connectivity index (χ0n) is 14.1. The van der Waals surface area contributed by atoms with E-state index in [1.807, 2.05) is 0 Å². The number of rotatable bonds is 8. The molecule has 0 radical (unpaired) electrons. The molecule has 2 amide bonds. The van der Waals surface area contributed by atoms with E-state index in [-0.39, 0.29) is 19.0 Å². The highest BCUT2D eigenvalue weighted by Gasteiger charge is 2.47. The summed E-state index contributed by atoms with van der Waals surface area (Å²) in [7, 11) is 4.41. The van der Waals surface area contributed by atoms with Crippen LogP contribution in [0.25, 0.3) is 10.4 Å². The maximum Gasteiger partial charge on any atom is 0.225 e. The molecule has 0 bridgehead atoms. The lowest BCUT2D eigenvalue weighted by Crippen LogP contribution is -2.66. The van der Waals surface area contributed by atoms with E-state index in [2.05, 4.69) is 20.7 Å². The minimum absolute atomic E-state index is 0.102. The third-order valence-corrected chi connectivity index (χ3v) is 3.57. The van der Waals surface area contributed by atoms with Gasteiger partial charge in [-0.15, -0.1) is 0 Å². The minimum Gasteiger partial charge on any atom is -0.376 e. The van der Waals surface area contributed by atoms with Gasteiger partial charge in [-0.25, -0.2) is 0 Å². The Hall–Kier alpha value is -1.91. The first kappa shape index (κ1) is 20.1. The number of hydrogen-bond acceptors (Lipinski definition) is 7. The number of hydrogen-bond donors (Lipinski definition) is 2. The maximum atomic E-state index is 11.6. The summed E-state index contributed by atoms with van der Waals surface area (Å²) in [5, 5.41) is 8.50. The van der Waals surface area contributed by atoms with Crippen LogP contribution in [-0.4, -0.2) is 76.9 Å². The van der Waals surface area contributed by atoms with Crippen molar-refractivity contribution in [3.63, 3.8) is 0 Å². The Kier molecular flexibility index (Phi) is 8.44. The van der Waals surface area contributed by atoms with Crippen LogP contribution in [-0.2, 0) is 28.5 Å². The van der Waals surface area contributed by atoms with Crippen LogP contribution in [0.15, 0.2) is 5.11 Å². The molecular formula is C13H23N5O6. The number of nitrogens with zero attached hydrogens (tertiary/aromatic N) is 3. The first-order valence-electron chi connectivity index (χ1n) is 7.27. The average Bonchev–Trinajstić information content (AvgIpc) is 2.57. The molecule has 11 nitrogen and oxygen atoms in total. The highest BCUT2D eigenvalue weighted by Crippen LogP contribution is 2.25. The minimum atomic E-state index is -0.774. The second-order valence-electron chi connectivity index (χ2n) is 5.10. The summed E-state index contributed by atoms with van der Waals surface area (Å²) in [6.07, 6.45) is -2.45. The standard InChI is InChI=1S/C13H23N5O6/c1-7(19)17-10-12(22-3)11(21-2)8(24-13(10)23-4)5-15-9(20)6-16-18-14/h8,10-13H,5-6H2,1-4H3,(H,15,20)(H,17,19)/t8?,10?,11-,12?,13?/m1/s1. The molecule has 1 aliphatic rings. The SMILES string of the molecule is COC1OC(CNC(=O)CN=[N+]=[N-])[C@@H](OC)C(OC)C1NC(C)=O. The van der Waals surface area contributed by atoms with Gasteiger partial charge in [0, 0.05) is 39.7 Å². The van der Waals surface area contributed by atoms with E-state index in [4.69, 9.17) is 24.5 Å². The summed E-state index contributed by atoms with van der Waals surface area (Å²) in [5.41, 5.74) is 8.21. The van der Waals surface area contributed by atoms with Gasteiger partial charge in [-0.2, -0.15) is 0 Å². The average molecular weight is 345 g/mol. The van der Waals surface area contributed by atoms with Gasteiger partial charge in [0.25, 0.3) is 0 Å². The summed E-state index contributed by atoms with van der Waals surface area (Å²) >= 11 is 0. The van der Waals surface area contributed by atoms with Crippen molar-refractivity contribution in [3.8, 4) is 0 Å². The van der Waals surface area contributed by atoms with E-state index in [9.17, 15) is 9.59 Å². The van der Waals surface area contributed by atoms with Crippen LogP contribution in [0.1, 0.15) is 6.92 Å². The summed E-state index contributed by atoms with van der Waals surface area (Å²) in [5.74, 6) is -0.707. The fraction of sp³-hybridized carbons (Fsp3) is 0.846. The molecule has 24 heavy (non-hydrogen) atoms. The normalized spacial score (nSPS) is 29.4. The van der Waals surface area contributed by atoms with Gasteiger partial charge in [-0.3, -0.25) is 9.59 Å². The van der Waals surface area contributed by atoms with Crippen molar-refractivity contribution < 1.29 is 28.5 Å². The van der Waals surface area contributed by atoms with Crippen LogP contribution in [0.3, 0.4) is 0 Å². The molecule has 0 spiro atoms. The fourth-order valence-corrected chi connectivity index (χ4v) is 2.59. The Bertz CT molecular complexity index is 483. The molecule has 0 aliphatic carbocycles. The van der Waals surface area contributed by atoms with Crippen molar-refractivity contribution >= 4 is 11.8 Å². The Morgan fingerprint density at radius 2 is 1.88 bits per heavy atom. The summed E-state index contributed by atoms with van der Waals surface area (Å²) in [6, 6.07) is -0.572. The zero-order valence-corrected chi connectivity index (χ0v) is 14.1. The number of azide groups is 1. The van der Waals surface area contributed by atoms with Crippen LogP contribution in [0.4, 0.5) is 0 Å². The molecule has 0 saturated carbocycles. The molecule has 4 unspecified atom stereocenters. The predicted octanol–water partition coefficient (Wildman–Crippen LogP) is -0.681. The predicted molar refractivity (Wildman–Crippen MR) is 81.9 cm³/mol. The van der Waals surface area contributed by atoms with Crippen molar-refractivity contribution in [1.29, 1.82) is 0 Å². The molecule has 2 N–H and O–H groups in total. The maximum absolute atomic E-state index is 11.6. The number of carbonyl (C=O) groups is 2. The third kappa shape index (κ3) is 5.32. The van der Waals surface area contributed by atoms with E-state index in [0.717, 1.165) is 0 Å². The lowest BCUT2D eigenvalue weighted by molar-refractivity contribution is -0.263. The van der Waals surface area contributed by atoms with Gasteiger partial charge in [0.05, 0.1) is 0 Å². The molecule has 1 fully saturated rings. The summed E-state index contributed by atoms with van der Waals surface area (Å²) < 4.78 is 22.0. The molecule has 1 heterocycles. The molecule has 0 aromatic rings. The third-order valence-electron chi connectivity index (χ3n) is 3.57. The topological polar surface area (TPSA) is 144 Å². The summed E-state index contributed by atoms with van der Waals surface area (Å²) in [4.78, 5) is 25.5. The van der Waals surface area contributed by atoms with Gasteiger partial charge in [0.2, 0.25) is 11.8 Å². The van der Waals surface area contributed by atoms with Crippen LogP contribution in [0.2, 0.25) is 0 Å². The second kappa shape index (κ2) is 10.1. The van der Waals surface area contributed by atoms with E-state index in [0.29, 0.717) is 0 Å². The molecule has 136 valence electrons. The van der Waals surface area contributed by atoms with Gasteiger partial charge < -0.3 is 29.6 Å². The molecular weight excluding hydrogens is 322 g/mol. The highest BCUT2D eigenvalue weighted by molar-refractivity contribution is 5.78. The number of ether oxygens (including phenoxy) is 4. The molecule has 1 rings (SSSR count). The fourth-order valence-electron chi connectivity index (χ4n) is 2.59. The van der Waals surface area contributed by atoms with Gasteiger partial charge >= 0.3 is 0 Å². The van der Waals surface area contributed by atoms with Gasteiger partial charge in [0.15, 0.2) is 6.29 Å². The zero-order chi connectivity index (χ0) is 18.1. The first-order chi connectivity index (χ1) is 11.5. The van der Waals surface area contributed by atoms with E-state index < -0.39 is 36.6 Å². The second-order valence-corrected chi connectivity index (χ2v) is 5.10. The largest absolute Gasteiger partial charge is 0.376 e. The van der Waals surface area contributed by atoms with Crippen molar-refractivity contribution in [1.82, 2.24) is 10.6 Å². The smallest absolute Gasteiger partial charge is 0.225 e. The summed E-state index contributed by atoms with van der Waals surface area (Å²) in [6.45, 7) is 1.17. The Morgan fingerprint density at radius 3 is 2.38 bits per heavy atom. The van der Waals surface area contributed by atoms with E-state index >= 15 is 0 Å². The van der Waals surface area contributed by atoms with Gasteiger partial charge in [-0.1, -0.05) is 5.11 Å². The van der Waals surface area contributed by atoms with Crippen molar-refractivity contribution in [2.24, 2.45) is 5.11 Å². The van der Waals surface area contributed by atoms with Crippen molar-refractivity contribution in [3.05, 3.63) is 10.4 Å². The Labute approximate surface area is 139 Å². The number of amides is 2. The number of nitrogens with one attached hydrogen (secondary N) is 2. The Balaban J connectivity index is 2.83. The van der Waals surface area contributed by atoms with E-state index in [1.54, 1.807) is 0 Å². The Morgan fingerprint density at radius 1 is 1.21 bits per heavy atom. The first-order valence-corrected chi connectivity index (χ1v) is 7.27. The van der Waals surface area contributed by atoms with Gasteiger partial charge in [0.1, 0.15) is 30.9 Å². The van der Waals surface area contributed by atoms with Crippen molar-refractivity contribution in [2.75, 3.05) is 34.4 Å². The monoisotopic (exact) mass is 345 g/mol. The quantitative estimate of drug-likeness (QED) is 0.339. The number of carbonyl (C=O) groups excluding carboxylic acids is 2.